The number of hydrogen-bond donors (Lipinski definition) is 0. The predicted molar refractivity (Wildman–Crippen MR) is 81.0 cm³/mol. The van der Waals surface area contributed by atoms with Crippen molar-refractivity contribution in [2.24, 2.45) is 0 Å². The molecule has 3 aromatic rings. The van der Waals surface area contributed by atoms with E-state index in [0.29, 0.717) is 24.1 Å². The summed E-state index contributed by atoms with van der Waals surface area (Å²) in [6, 6.07) is 11.2. The Morgan fingerprint density at radius 3 is 2.61 bits per heavy atom. The van der Waals surface area contributed by atoms with Crippen molar-refractivity contribution in [3.05, 3.63) is 70.9 Å². The number of halogens is 2. The molecular weight excluding hydrogens is 300 g/mol. The summed E-state index contributed by atoms with van der Waals surface area (Å²) in [7, 11) is 0. The zero-order chi connectivity index (χ0) is 16.4. The average Bonchev–Trinajstić information content (AvgIpc) is 2.95. The van der Waals surface area contributed by atoms with Crippen LogP contribution in [0.25, 0.3) is 11.3 Å². The van der Waals surface area contributed by atoms with E-state index in [4.69, 9.17) is 0 Å². The van der Waals surface area contributed by atoms with Crippen molar-refractivity contribution in [3.63, 3.8) is 0 Å². The Hall–Kier alpha value is -2.89. The quantitative estimate of drug-likeness (QED) is 0.694. The number of carbonyl (C=O) groups is 1. The molecule has 0 spiro atoms. The van der Waals surface area contributed by atoms with Gasteiger partial charge in [0, 0.05) is 5.56 Å². The maximum atomic E-state index is 13.5. The smallest absolute Gasteiger partial charge is 0.172 e. The third-order valence-electron chi connectivity index (χ3n) is 3.65. The zero-order valence-electron chi connectivity index (χ0n) is 12.3. The molecule has 4 nitrogen and oxygen atoms in total. The van der Waals surface area contributed by atoms with Gasteiger partial charge in [0.15, 0.2) is 23.6 Å². The molecule has 116 valence electrons. The molecule has 3 rings (SSSR count). The summed E-state index contributed by atoms with van der Waals surface area (Å²) in [5.41, 5.74) is 2.86. The SMILES string of the molecule is Cc1ccccc1Cn1nnc(C=O)c1-c1ccc(F)c(F)c1. The molecule has 6 heteroatoms. The van der Waals surface area contributed by atoms with Gasteiger partial charge < -0.3 is 0 Å². The van der Waals surface area contributed by atoms with E-state index in [9.17, 15) is 13.6 Å². The van der Waals surface area contributed by atoms with Crippen molar-refractivity contribution >= 4 is 6.29 Å². The van der Waals surface area contributed by atoms with Gasteiger partial charge in [-0.1, -0.05) is 29.5 Å². The molecule has 0 fully saturated rings. The van der Waals surface area contributed by atoms with Crippen molar-refractivity contribution in [2.45, 2.75) is 13.5 Å². The van der Waals surface area contributed by atoms with Gasteiger partial charge in [-0.2, -0.15) is 0 Å². The standard InChI is InChI=1S/C17H13F2N3O/c1-11-4-2-3-5-13(11)9-22-17(16(10-23)20-21-22)12-6-7-14(18)15(19)8-12/h2-8,10H,9H2,1H3. The lowest BCUT2D eigenvalue weighted by molar-refractivity contribution is 0.111. The third kappa shape index (κ3) is 2.88. The molecule has 0 aliphatic carbocycles. The minimum atomic E-state index is -0.983. The van der Waals surface area contributed by atoms with E-state index in [1.165, 1.54) is 10.7 Å². The minimum Gasteiger partial charge on any atom is -0.296 e. The van der Waals surface area contributed by atoms with Gasteiger partial charge in [0.1, 0.15) is 0 Å². The monoisotopic (exact) mass is 313 g/mol. The van der Waals surface area contributed by atoms with Crippen LogP contribution in [0.1, 0.15) is 21.6 Å². The first-order valence-electron chi connectivity index (χ1n) is 6.98. The number of hydrogen-bond acceptors (Lipinski definition) is 3. The highest BCUT2D eigenvalue weighted by molar-refractivity contribution is 5.83. The van der Waals surface area contributed by atoms with Crippen molar-refractivity contribution < 1.29 is 13.6 Å². The van der Waals surface area contributed by atoms with E-state index in [-0.39, 0.29) is 5.69 Å². The molecule has 1 heterocycles. The summed E-state index contributed by atoms with van der Waals surface area (Å²) in [6.07, 6.45) is 0.554. The second-order valence-corrected chi connectivity index (χ2v) is 5.15. The highest BCUT2D eigenvalue weighted by Crippen LogP contribution is 2.24. The molecule has 0 unspecified atom stereocenters. The fraction of sp³-hybridized carbons (Fsp3) is 0.118. The molecule has 0 aliphatic heterocycles. The summed E-state index contributed by atoms with van der Waals surface area (Å²) in [6.45, 7) is 2.34. The molecule has 0 bridgehead atoms. The first-order chi connectivity index (χ1) is 11.1. The van der Waals surface area contributed by atoms with Crippen LogP contribution in [0.3, 0.4) is 0 Å². The molecule has 0 N–H and O–H groups in total. The van der Waals surface area contributed by atoms with E-state index in [0.717, 1.165) is 23.3 Å². The molecule has 23 heavy (non-hydrogen) atoms. The summed E-state index contributed by atoms with van der Waals surface area (Å²) in [5, 5.41) is 7.79. The fourth-order valence-electron chi connectivity index (χ4n) is 2.41. The Labute approximate surface area is 131 Å². The van der Waals surface area contributed by atoms with Gasteiger partial charge in [-0.3, -0.25) is 4.79 Å². The van der Waals surface area contributed by atoms with Crippen LogP contribution in [0, 0.1) is 18.6 Å². The van der Waals surface area contributed by atoms with Crippen molar-refractivity contribution in [1.82, 2.24) is 15.0 Å². The number of aryl methyl sites for hydroxylation is 1. The predicted octanol–water partition coefficient (Wildman–Crippen LogP) is 3.39. The van der Waals surface area contributed by atoms with Crippen LogP contribution in [0.5, 0.6) is 0 Å². The highest BCUT2D eigenvalue weighted by atomic mass is 19.2. The van der Waals surface area contributed by atoms with Crippen LogP contribution in [-0.4, -0.2) is 21.3 Å². The first-order valence-corrected chi connectivity index (χ1v) is 6.98. The van der Waals surface area contributed by atoms with Gasteiger partial charge in [0.05, 0.1) is 12.2 Å². The van der Waals surface area contributed by atoms with E-state index >= 15 is 0 Å². The van der Waals surface area contributed by atoms with Crippen molar-refractivity contribution in [3.8, 4) is 11.3 Å². The van der Waals surface area contributed by atoms with Gasteiger partial charge >= 0.3 is 0 Å². The van der Waals surface area contributed by atoms with Gasteiger partial charge in [-0.25, -0.2) is 13.5 Å². The molecular formula is C17H13F2N3O. The van der Waals surface area contributed by atoms with Crippen LogP contribution >= 0.6 is 0 Å². The van der Waals surface area contributed by atoms with Crippen LogP contribution in [0.2, 0.25) is 0 Å². The number of aromatic nitrogens is 3. The van der Waals surface area contributed by atoms with Crippen LogP contribution in [0.4, 0.5) is 8.78 Å². The maximum Gasteiger partial charge on any atom is 0.172 e. The van der Waals surface area contributed by atoms with Gasteiger partial charge in [-0.05, 0) is 36.2 Å². The summed E-state index contributed by atoms with van der Waals surface area (Å²) in [5.74, 6) is -1.93. The van der Waals surface area contributed by atoms with Crippen LogP contribution in [-0.2, 0) is 6.54 Å². The van der Waals surface area contributed by atoms with Crippen LogP contribution in [0.15, 0.2) is 42.5 Å². The van der Waals surface area contributed by atoms with Gasteiger partial charge in [0.2, 0.25) is 0 Å². The van der Waals surface area contributed by atoms with Crippen molar-refractivity contribution in [1.29, 1.82) is 0 Å². The molecule has 2 aromatic carbocycles. The lowest BCUT2D eigenvalue weighted by Crippen LogP contribution is -2.06. The minimum absolute atomic E-state index is 0.0876. The normalized spacial score (nSPS) is 10.7. The lowest BCUT2D eigenvalue weighted by Gasteiger charge is -2.09. The Morgan fingerprint density at radius 1 is 1.13 bits per heavy atom. The second kappa shape index (κ2) is 6.08. The number of nitrogens with zero attached hydrogens (tertiary/aromatic N) is 3. The molecule has 0 saturated heterocycles. The molecule has 0 atom stereocenters. The third-order valence-corrected chi connectivity index (χ3v) is 3.65. The Morgan fingerprint density at radius 2 is 1.91 bits per heavy atom. The molecule has 0 amide bonds. The second-order valence-electron chi connectivity index (χ2n) is 5.15. The van der Waals surface area contributed by atoms with E-state index in [1.54, 1.807) is 0 Å². The number of carbonyl (C=O) groups excluding carboxylic acids is 1. The van der Waals surface area contributed by atoms with E-state index in [2.05, 4.69) is 10.3 Å². The maximum absolute atomic E-state index is 13.5. The summed E-state index contributed by atoms with van der Waals surface area (Å²) >= 11 is 0. The zero-order valence-corrected chi connectivity index (χ0v) is 12.3. The van der Waals surface area contributed by atoms with E-state index < -0.39 is 11.6 Å². The largest absolute Gasteiger partial charge is 0.296 e. The number of aldehydes is 1. The Bertz CT molecular complexity index is 874. The lowest BCUT2D eigenvalue weighted by atomic mass is 10.1. The number of rotatable bonds is 4. The molecule has 0 saturated carbocycles. The Kier molecular flexibility index (Phi) is 3.97. The number of benzene rings is 2. The topological polar surface area (TPSA) is 47.8 Å². The van der Waals surface area contributed by atoms with Crippen molar-refractivity contribution in [2.75, 3.05) is 0 Å². The Balaban J connectivity index is 2.09. The molecule has 0 radical (unpaired) electrons. The van der Waals surface area contributed by atoms with E-state index in [1.807, 2.05) is 31.2 Å². The summed E-state index contributed by atoms with van der Waals surface area (Å²) < 4.78 is 28.2. The first kappa shape index (κ1) is 15.0. The van der Waals surface area contributed by atoms with Gasteiger partial charge in [0.25, 0.3) is 0 Å². The summed E-state index contributed by atoms with van der Waals surface area (Å²) in [4.78, 5) is 11.2. The molecule has 0 aliphatic rings. The van der Waals surface area contributed by atoms with Gasteiger partial charge in [-0.15, -0.1) is 5.10 Å². The average molecular weight is 313 g/mol. The van der Waals surface area contributed by atoms with Crippen LogP contribution < -0.4 is 0 Å². The fourth-order valence-corrected chi connectivity index (χ4v) is 2.41. The molecule has 1 aromatic heterocycles. The highest BCUT2D eigenvalue weighted by Gasteiger charge is 2.17.